The fourth-order valence-corrected chi connectivity index (χ4v) is 18.5. The van der Waals surface area contributed by atoms with Gasteiger partial charge in [-0.3, -0.25) is 96.8 Å². The molecule has 3 aromatic carbocycles. The third-order valence-electron chi connectivity index (χ3n) is 25.1. The van der Waals surface area contributed by atoms with Crippen molar-refractivity contribution in [1.82, 2.24) is 87.4 Å². The average Bonchev–Trinajstić information content (AvgIpc) is 1.63. The van der Waals surface area contributed by atoms with E-state index in [1.807, 2.05) is 5.32 Å². The van der Waals surface area contributed by atoms with Gasteiger partial charge in [0.2, 0.25) is 65.0 Å². The predicted octanol–water partition coefficient (Wildman–Crippen LogP) is -0.452. The lowest BCUT2D eigenvalue weighted by atomic mass is 10.0. The number of rotatable bonds is 57. The smallest absolute Gasteiger partial charge is 0.327 e. The molecule has 2 aromatic heterocycles. The number of ether oxygens (including phenoxy) is 6. The highest BCUT2D eigenvalue weighted by Gasteiger charge is 2.48. The molecule has 5 aliphatic rings. The maximum atomic E-state index is 14.6. The SMILES string of the molecule is C=C1C[C@@H](C2CCCO2)N(C(=O)c2cc(OC)c(OCCCCCOc3cc(N)c(C(=O)N4CC(=C)C[C@H]4C4OCCN4C(=O)[C@H](C)NC(=O)[C@@H](NC(=O)CCCCCN4C(=O)CC(SC[C@H](NC(=O)[C@H](CC(=O)O)NC(=O)[C@H](CC(=O)O)NC(=O)[C@H](CCCNC(=N)N)NC(=O)[C@H](CC(=O)O)NC(=O)CC[C@H](NC(=O)c5ccc(NCc6cnc7nc(N)[nH]c(=O)c7n6)cc5)C(=O)O)C(=O)O)C4=O)C(C)C)cc3OC)cc2N)C1. The first-order valence-electron chi connectivity index (χ1n) is 48.4. The molecule has 25 N–H and O–H groups in total. The first kappa shape index (κ1) is 116. The fraction of sp³-hybridized carbons (Fsp3) is 0.510. The number of amides is 13. The zero-order chi connectivity index (χ0) is 110. The van der Waals surface area contributed by atoms with Gasteiger partial charge in [-0.25, -0.2) is 19.6 Å². The van der Waals surface area contributed by atoms with Crippen molar-refractivity contribution in [2.75, 3.05) is 102 Å². The maximum Gasteiger partial charge on any atom is 0.327 e. The lowest BCUT2D eigenvalue weighted by molar-refractivity contribution is -0.144. The molecule has 0 radical (unpaired) electrons. The van der Waals surface area contributed by atoms with Crippen molar-refractivity contribution in [2.24, 2.45) is 11.7 Å². The molecule has 5 aliphatic heterocycles. The van der Waals surface area contributed by atoms with Crippen molar-refractivity contribution in [3.8, 4) is 23.0 Å². The van der Waals surface area contributed by atoms with Gasteiger partial charge in [0.15, 0.2) is 46.3 Å². The van der Waals surface area contributed by atoms with E-state index in [0.717, 1.165) is 23.3 Å². The van der Waals surface area contributed by atoms with Gasteiger partial charge in [0.1, 0.15) is 48.3 Å². The Kier molecular flexibility index (Phi) is 42.2. The first-order chi connectivity index (χ1) is 71.3. The summed E-state index contributed by atoms with van der Waals surface area (Å²) < 4.78 is 35.6. The molecule has 10 rings (SSSR count). The van der Waals surface area contributed by atoms with Gasteiger partial charge in [-0.1, -0.05) is 44.6 Å². The van der Waals surface area contributed by atoms with Crippen LogP contribution in [-0.4, -0.2) is 335 Å². The number of carboxylic acids is 5. The number of anilines is 4. The zero-order valence-electron chi connectivity index (χ0n) is 83.2. The molecular formula is C96H127N23O30S. The van der Waals surface area contributed by atoms with E-state index in [2.05, 4.69) is 80.9 Å². The number of aromatic nitrogens is 4. The van der Waals surface area contributed by atoms with Crippen LogP contribution >= 0.6 is 11.8 Å². The number of fused-ring (bicyclic) bond motifs is 1. The number of benzene rings is 3. The van der Waals surface area contributed by atoms with E-state index in [4.69, 9.17) is 56.8 Å². The molecule has 150 heavy (non-hydrogen) atoms. The molecule has 53 nitrogen and oxygen atoms in total. The number of carboxylic acid groups (broad SMARTS) is 5. The number of carbonyl (C=O) groups excluding carboxylic acids is 13. The predicted molar refractivity (Wildman–Crippen MR) is 535 cm³/mol. The third-order valence-corrected chi connectivity index (χ3v) is 26.4. The summed E-state index contributed by atoms with van der Waals surface area (Å²) in [6.45, 7) is 14.8. The molecule has 0 aliphatic carbocycles. The molecule has 5 fully saturated rings. The Labute approximate surface area is 862 Å². The molecule has 7 heterocycles. The first-order valence-corrected chi connectivity index (χ1v) is 49.5. The number of likely N-dealkylation sites (tertiary alicyclic amines) is 3. The molecule has 5 aromatic rings. The number of nitrogen functional groups attached to an aromatic ring is 3. The molecule has 0 spiro atoms. The second-order valence-electron chi connectivity index (χ2n) is 36.7. The summed E-state index contributed by atoms with van der Waals surface area (Å²) in [5, 5.41) is 79.8. The van der Waals surface area contributed by atoms with E-state index < -0.39 is 235 Å². The summed E-state index contributed by atoms with van der Waals surface area (Å²) in [5.74, 6) is -21.0. The summed E-state index contributed by atoms with van der Waals surface area (Å²) >= 11 is 0.630. The molecule has 0 bridgehead atoms. The van der Waals surface area contributed by atoms with Crippen molar-refractivity contribution in [3.05, 3.63) is 112 Å². The van der Waals surface area contributed by atoms with Crippen LogP contribution in [0, 0.1) is 11.3 Å². The quantitative estimate of drug-likeness (QED) is 0.00585. The number of H-pyrrole nitrogens is 1. The standard InChI is InChI=1S/C96H127N23O30S/c1-47(2)78(86(134)105-50(5)88(136)117-27-31-149-92(117)65-33-49(4)45-119(65)90(138)55-35-68(145-7)70(37-57(55)98)148-29-13-9-12-28-147-69-36-56(97)54(34-67(69)144-6)89(137)118-44-48(3)32-64(118)66-17-15-30-146-66)113-72(120)18-10-8-11-26-116-74(122)41-71(91(116)139)150-46-63(94(142)143)112-85(133)62(40-77(127)128)111-84(132)61(39-76(125)126)110-82(130)58(16-14-25-102-95(99)100)108-83(131)60(38-75(123)124)107-73(121)24-23-59(93(140)141)109-81(129)51-19-21-52(22-20-51)103-42-53-43-104-80-79(106-53)87(135)115-96(101)114-80/h19-22,34-37,43,47,50,58-66,71,78,92,103H,3-4,8-18,23-33,38-42,44-46,97-98H2,1-2,5-7H3,(H,105,134)(H,107,121)(H,108,131)(H,109,129)(H,110,130)(H,111,132)(H,112,133)(H,113,120)(H,123,124)(H,125,126)(H,127,128)(H,140,141)(H,142,143)(H4,99,100,102)(H3,101,104,114,115,135)/t50-,58-,59-,60-,61-,62-,63-,64-,65-,66?,71?,78-,92?/m0/s1. The highest BCUT2D eigenvalue weighted by Crippen LogP contribution is 2.40. The Morgan fingerprint density at radius 1 is 0.587 bits per heavy atom. The number of hydrogen-bond acceptors (Lipinski definition) is 34. The van der Waals surface area contributed by atoms with Gasteiger partial charge in [-0.15, -0.1) is 11.8 Å². The highest BCUT2D eigenvalue weighted by atomic mass is 32.2. The monoisotopic (exact) mass is 2110 g/mol. The molecule has 0 saturated carbocycles. The largest absolute Gasteiger partial charge is 0.493 e. The van der Waals surface area contributed by atoms with Gasteiger partial charge in [-0.05, 0) is 126 Å². The van der Waals surface area contributed by atoms with Gasteiger partial charge in [-0.2, -0.15) is 4.98 Å². The van der Waals surface area contributed by atoms with Crippen LogP contribution in [0.4, 0.5) is 23.0 Å². The summed E-state index contributed by atoms with van der Waals surface area (Å²) in [4.78, 5) is 274. The van der Waals surface area contributed by atoms with Crippen molar-refractivity contribution < 1.29 is 140 Å². The molecule has 812 valence electrons. The number of imide groups is 1. The minimum absolute atomic E-state index is 0.0174. The number of methoxy groups -OCH3 is 2. The van der Waals surface area contributed by atoms with Crippen LogP contribution in [0.1, 0.15) is 180 Å². The molecule has 3 unspecified atom stereocenters. The third kappa shape index (κ3) is 32.5. The average molecular weight is 2120 g/mol. The van der Waals surface area contributed by atoms with Crippen molar-refractivity contribution in [1.29, 1.82) is 5.41 Å². The van der Waals surface area contributed by atoms with Crippen molar-refractivity contribution >= 4 is 159 Å². The van der Waals surface area contributed by atoms with Gasteiger partial charge in [0, 0.05) is 99.1 Å². The van der Waals surface area contributed by atoms with E-state index in [0.29, 0.717) is 97.0 Å². The number of nitrogens with two attached hydrogens (primary N) is 4. The minimum atomic E-state index is -2.26. The van der Waals surface area contributed by atoms with Crippen molar-refractivity contribution in [3.63, 3.8) is 0 Å². The maximum absolute atomic E-state index is 14.6. The van der Waals surface area contributed by atoms with Crippen LogP contribution in [0.3, 0.4) is 0 Å². The van der Waals surface area contributed by atoms with E-state index in [-0.39, 0.29) is 148 Å². The molecular weight excluding hydrogens is 1990 g/mol. The number of unbranched alkanes of at least 4 members (excludes halogenated alkanes) is 4. The van der Waals surface area contributed by atoms with E-state index in [9.17, 15) is 117 Å². The van der Waals surface area contributed by atoms with Crippen LogP contribution < -0.4 is 101 Å². The number of hydrogen-bond donors (Lipinski definition) is 21. The molecule has 13 atom stereocenters. The highest BCUT2D eigenvalue weighted by molar-refractivity contribution is 8.00. The van der Waals surface area contributed by atoms with E-state index >= 15 is 0 Å². The van der Waals surface area contributed by atoms with Crippen LogP contribution in [0.5, 0.6) is 23.0 Å². The number of aliphatic carboxylic acids is 5. The lowest BCUT2D eigenvalue weighted by Crippen LogP contribution is -2.59. The number of guanidine groups is 1. The lowest BCUT2D eigenvalue weighted by Gasteiger charge is -2.35. The number of carbonyl (C=O) groups is 18. The van der Waals surface area contributed by atoms with Crippen molar-refractivity contribution in [2.45, 2.75) is 227 Å². The van der Waals surface area contributed by atoms with Gasteiger partial charge >= 0.3 is 29.8 Å². The summed E-state index contributed by atoms with van der Waals surface area (Å²) in [6, 6.07) is -3.56. The number of nitrogens with zero attached hydrogens (tertiary/aromatic N) is 7. The summed E-state index contributed by atoms with van der Waals surface area (Å²) in [5.41, 5.74) is 26.4. The topological polar surface area (TPSA) is 797 Å². The van der Waals surface area contributed by atoms with E-state index in [1.165, 1.54) is 73.5 Å². The van der Waals surface area contributed by atoms with Crippen LogP contribution in [-0.2, 0) is 87.9 Å². The van der Waals surface area contributed by atoms with Crippen LogP contribution in [0.25, 0.3) is 11.2 Å². The second kappa shape index (κ2) is 54.6. The Bertz CT molecular complexity index is 5970. The Morgan fingerprint density at radius 2 is 1.13 bits per heavy atom. The Hall–Kier alpha value is -16.0. The van der Waals surface area contributed by atoms with Gasteiger partial charge < -0.3 is 145 Å². The van der Waals surface area contributed by atoms with Gasteiger partial charge in [0.25, 0.3) is 23.3 Å². The molecule has 5 saturated heterocycles. The van der Waals surface area contributed by atoms with Crippen LogP contribution in [0.15, 0.2) is 83.8 Å². The normalized spacial score (nSPS) is 18.0. The van der Waals surface area contributed by atoms with E-state index in [1.54, 1.807) is 30.9 Å². The molecule has 13 amide bonds. The second-order valence-corrected chi connectivity index (χ2v) is 38.0. The number of aromatic amines is 1. The fourth-order valence-electron chi connectivity index (χ4n) is 17.4. The number of nitrogens with one attached hydrogen (secondary N) is 12. The summed E-state index contributed by atoms with van der Waals surface area (Å²) in [7, 11) is 2.91. The summed E-state index contributed by atoms with van der Waals surface area (Å²) in [6.07, 6.45) is -0.847. The minimum Gasteiger partial charge on any atom is -0.493 e. The zero-order valence-corrected chi connectivity index (χ0v) is 84.0. The Morgan fingerprint density at radius 3 is 1.69 bits per heavy atom. The van der Waals surface area contributed by atoms with Gasteiger partial charge in [0.05, 0.1) is 106 Å². The van der Waals surface area contributed by atoms with Crippen LogP contribution in [0.2, 0.25) is 0 Å². The number of thioether (sulfide) groups is 1. The molecule has 54 heteroatoms. The Balaban J connectivity index is 0.644.